The van der Waals surface area contributed by atoms with Crippen LogP contribution < -0.4 is 11.1 Å². The molecule has 0 aliphatic rings. The van der Waals surface area contributed by atoms with Gasteiger partial charge < -0.3 is 11.1 Å². The van der Waals surface area contributed by atoms with E-state index in [9.17, 15) is 0 Å². The van der Waals surface area contributed by atoms with Crippen LogP contribution in [0.1, 0.15) is 11.4 Å². The zero-order valence-corrected chi connectivity index (χ0v) is 12.3. The summed E-state index contributed by atoms with van der Waals surface area (Å²) in [5.41, 5.74) is 7.35. The summed E-state index contributed by atoms with van der Waals surface area (Å²) in [6.07, 6.45) is 0. The Morgan fingerprint density at radius 2 is 1.89 bits per heavy atom. The summed E-state index contributed by atoms with van der Waals surface area (Å²) in [7, 11) is 0. The number of halogens is 2. The largest absolute Gasteiger partial charge is 0.388 e. The summed E-state index contributed by atoms with van der Waals surface area (Å²) < 4.78 is 0. The molecule has 2 rings (SSSR count). The number of benzene rings is 1. The normalized spacial score (nSPS) is 10.3. The fourth-order valence-electron chi connectivity index (χ4n) is 1.48. The van der Waals surface area contributed by atoms with E-state index in [0.717, 1.165) is 5.69 Å². The number of anilines is 2. The summed E-state index contributed by atoms with van der Waals surface area (Å²) in [6, 6.07) is 6.91. The third-order valence-electron chi connectivity index (χ3n) is 2.31. The second kappa shape index (κ2) is 5.69. The van der Waals surface area contributed by atoms with Gasteiger partial charge in [0.25, 0.3) is 0 Å². The van der Waals surface area contributed by atoms with Gasteiger partial charge in [0.2, 0.25) is 5.95 Å². The molecule has 0 bridgehead atoms. The van der Waals surface area contributed by atoms with Gasteiger partial charge in [-0.2, -0.15) is 0 Å². The zero-order chi connectivity index (χ0) is 14.0. The molecule has 0 aliphatic carbocycles. The molecular formula is C12H10Cl2N4S. The van der Waals surface area contributed by atoms with Crippen LogP contribution >= 0.6 is 35.4 Å². The molecule has 19 heavy (non-hydrogen) atoms. The lowest BCUT2D eigenvalue weighted by Crippen LogP contribution is -2.14. The second-order valence-electron chi connectivity index (χ2n) is 3.80. The van der Waals surface area contributed by atoms with Crippen LogP contribution in [-0.2, 0) is 0 Å². The van der Waals surface area contributed by atoms with E-state index in [-0.39, 0.29) is 4.99 Å². The quantitative estimate of drug-likeness (QED) is 0.850. The molecule has 0 amide bonds. The number of hydrogen-bond acceptors (Lipinski definition) is 4. The molecule has 0 saturated carbocycles. The average molecular weight is 313 g/mol. The van der Waals surface area contributed by atoms with E-state index >= 15 is 0 Å². The maximum Gasteiger partial charge on any atom is 0.228 e. The monoisotopic (exact) mass is 312 g/mol. The van der Waals surface area contributed by atoms with Crippen molar-refractivity contribution in [1.29, 1.82) is 0 Å². The van der Waals surface area contributed by atoms with Crippen molar-refractivity contribution in [3.63, 3.8) is 0 Å². The average Bonchev–Trinajstić information content (AvgIpc) is 2.33. The molecule has 0 unspecified atom stereocenters. The third-order valence-corrected chi connectivity index (χ3v) is 3.15. The van der Waals surface area contributed by atoms with E-state index in [1.807, 2.05) is 6.92 Å². The first-order chi connectivity index (χ1) is 8.97. The molecule has 98 valence electrons. The lowest BCUT2D eigenvalue weighted by Gasteiger charge is -2.10. The highest BCUT2D eigenvalue weighted by Crippen LogP contribution is 2.31. The SMILES string of the molecule is Cc1cc(C(N)=S)nc(Nc2c(Cl)cccc2Cl)n1. The number of nitrogens with zero attached hydrogens (tertiary/aromatic N) is 2. The topological polar surface area (TPSA) is 63.8 Å². The molecule has 1 aromatic carbocycles. The predicted octanol–water partition coefficient (Wildman–Crippen LogP) is 3.47. The highest BCUT2D eigenvalue weighted by Gasteiger charge is 2.09. The number of aromatic nitrogens is 2. The Labute approximate surface area is 126 Å². The molecule has 3 N–H and O–H groups in total. The van der Waals surface area contributed by atoms with Gasteiger partial charge in [-0.15, -0.1) is 0 Å². The van der Waals surface area contributed by atoms with Crippen LogP contribution in [0.25, 0.3) is 0 Å². The zero-order valence-electron chi connectivity index (χ0n) is 9.95. The molecular weight excluding hydrogens is 303 g/mol. The molecule has 0 spiro atoms. The summed E-state index contributed by atoms with van der Waals surface area (Å²) >= 11 is 17.0. The Balaban J connectivity index is 2.41. The van der Waals surface area contributed by atoms with Gasteiger partial charge in [-0.05, 0) is 25.1 Å². The van der Waals surface area contributed by atoms with Gasteiger partial charge in [0.1, 0.15) is 10.7 Å². The molecule has 0 fully saturated rings. The lowest BCUT2D eigenvalue weighted by molar-refractivity contribution is 1.09. The molecule has 1 aromatic heterocycles. The third kappa shape index (κ3) is 3.32. The highest BCUT2D eigenvalue weighted by molar-refractivity contribution is 7.80. The molecule has 4 nitrogen and oxygen atoms in total. The summed E-state index contributed by atoms with van der Waals surface area (Å²) in [6.45, 7) is 1.82. The number of hydrogen-bond donors (Lipinski definition) is 2. The first-order valence-corrected chi connectivity index (χ1v) is 6.50. The molecule has 7 heteroatoms. The maximum atomic E-state index is 6.07. The van der Waals surface area contributed by atoms with Gasteiger partial charge in [-0.25, -0.2) is 9.97 Å². The Bertz CT molecular complexity index is 625. The van der Waals surface area contributed by atoms with E-state index < -0.39 is 0 Å². The van der Waals surface area contributed by atoms with Crippen molar-refractivity contribution in [3.8, 4) is 0 Å². The van der Waals surface area contributed by atoms with Crippen molar-refractivity contribution >= 4 is 52.0 Å². The highest BCUT2D eigenvalue weighted by atomic mass is 35.5. The number of aryl methyl sites for hydroxylation is 1. The van der Waals surface area contributed by atoms with E-state index in [1.54, 1.807) is 24.3 Å². The second-order valence-corrected chi connectivity index (χ2v) is 5.06. The standard InChI is InChI=1S/C12H10Cl2N4S/c1-6-5-9(11(15)19)17-12(16-6)18-10-7(13)3-2-4-8(10)14/h2-5H,1H3,(H2,15,19)(H,16,17,18). The molecule has 1 heterocycles. The van der Waals surface area contributed by atoms with Gasteiger partial charge >= 0.3 is 0 Å². The van der Waals surface area contributed by atoms with E-state index in [2.05, 4.69) is 15.3 Å². The van der Waals surface area contributed by atoms with Crippen molar-refractivity contribution in [2.45, 2.75) is 6.92 Å². The van der Waals surface area contributed by atoms with Crippen molar-refractivity contribution in [3.05, 3.63) is 45.7 Å². The molecule has 2 aromatic rings. The van der Waals surface area contributed by atoms with Crippen LogP contribution in [0, 0.1) is 6.92 Å². The van der Waals surface area contributed by atoms with Crippen molar-refractivity contribution in [2.75, 3.05) is 5.32 Å². The molecule has 0 atom stereocenters. The summed E-state index contributed by atoms with van der Waals surface area (Å²) in [5, 5.41) is 3.94. The summed E-state index contributed by atoms with van der Waals surface area (Å²) in [5.74, 6) is 0.345. The van der Waals surface area contributed by atoms with Crippen molar-refractivity contribution in [1.82, 2.24) is 9.97 Å². The van der Waals surface area contributed by atoms with Crippen molar-refractivity contribution < 1.29 is 0 Å². The smallest absolute Gasteiger partial charge is 0.228 e. The Kier molecular flexibility index (Phi) is 4.19. The minimum Gasteiger partial charge on any atom is -0.388 e. The number of thiocarbonyl (C=S) groups is 1. The van der Waals surface area contributed by atoms with Gasteiger partial charge in [0.05, 0.1) is 15.7 Å². The van der Waals surface area contributed by atoms with Crippen molar-refractivity contribution in [2.24, 2.45) is 5.73 Å². The Morgan fingerprint density at radius 1 is 1.26 bits per heavy atom. The Morgan fingerprint density at radius 3 is 2.47 bits per heavy atom. The van der Waals surface area contributed by atoms with Crippen LogP contribution in [0.5, 0.6) is 0 Å². The minimum absolute atomic E-state index is 0.207. The number of nitrogens with two attached hydrogens (primary N) is 1. The van der Waals surface area contributed by atoms with E-state index in [1.165, 1.54) is 0 Å². The maximum absolute atomic E-state index is 6.07. The summed E-state index contributed by atoms with van der Waals surface area (Å²) in [4.78, 5) is 8.65. The van der Waals surface area contributed by atoms with Gasteiger partial charge in [0, 0.05) is 5.69 Å². The Hall–Kier alpha value is -1.43. The molecule has 0 aliphatic heterocycles. The lowest BCUT2D eigenvalue weighted by atomic mass is 10.3. The van der Waals surface area contributed by atoms with Gasteiger partial charge in [0.15, 0.2) is 0 Å². The van der Waals surface area contributed by atoms with Crippen LogP contribution in [0.3, 0.4) is 0 Å². The van der Waals surface area contributed by atoms with Crippen LogP contribution in [0.2, 0.25) is 10.0 Å². The first-order valence-electron chi connectivity index (χ1n) is 5.34. The predicted molar refractivity (Wildman–Crippen MR) is 82.4 cm³/mol. The fourth-order valence-corrected chi connectivity index (χ4v) is 2.08. The number of nitrogens with one attached hydrogen (secondary N) is 1. The van der Waals surface area contributed by atoms with Gasteiger partial charge in [-0.1, -0.05) is 41.5 Å². The molecule has 0 saturated heterocycles. The van der Waals surface area contributed by atoms with E-state index in [4.69, 9.17) is 41.2 Å². The van der Waals surface area contributed by atoms with Gasteiger partial charge in [-0.3, -0.25) is 0 Å². The van der Waals surface area contributed by atoms with Crippen LogP contribution in [0.15, 0.2) is 24.3 Å². The van der Waals surface area contributed by atoms with Crippen LogP contribution in [0.4, 0.5) is 11.6 Å². The number of rotatable bonds is 3. The first kappa shape index (κ1) is 14.0. The number of para-hydroxylation sites is 1. The molecule has 0 radical (unpaired) electrons. The van der Waals surface area contributed by atoms with Crippen LogP contribution in [-0.4, -0.2) is 15.0 Å². The fraction of sp³-hybridized carbons (Fsp3) is 0.0833. The van der Waals surface area contributed by atoms with E-state index in [0.29, 0.717) is 27.4 Å². The minimum atomic E-state index is 0.207.